The molecule has 1 heterocycles. The minimum atomic E-state index is -1.47. The third-order valence-corrected chi connectivity index (χ3v) is 2.88. The lowest BCUT2D eigenvalue weighted by Gasteiger charge is -2.24. The number of dihydropyridines is 1. The summed E-state index contributed by atoms with van der Waals surface area (Å²) in [4.78, 5) is 11.5. The lowest BCUT2D eigenvalue weighted by Crippen LogP contribution is -2.30. The van der Waals surface area contributed by atoms with Gasteiger partial charge in [0.25, 0.3) is 0 Å². The van der Waals surface area contributed by atoms with E-state index in [-0.39, 0.29) is 17.8 Å². The number of carbonyl (C=O) groups is 1. The van der Waals surface area contributed by atoms with Gasteiger partial charge in [-0.25, -0.2) is 4.39 Å². The smallest absolute Gasteiger partial charge is 0.199 e. The van der Waals surface area contributed by atoms with Crippen LogP contribution in [0.4, 0.5) is 4.39 Å². The minimum Gasteiger partial charge on any atom is -0.385 e. The lowest BCUT2D eigenvalue weighted by molar-refractivity contribution is -0.117. The summed E-state index contributed by atoms with van der Waals surface area (Å²) in [6.07, 6.45) is 1.97. The predicted molar refractivity (Wildman–Crippen MR) is 49.1 cm³/mol. The molecule has 14 heavy (non-hydrogen) atoms. The number of Topliss-reactive ketones (excluding diaryl/α,β-unsaturated/α-hetero) is 1. The molecule has 0 aromatic carbocycles. The zero-order chi connectivity index (χ0) is 10.3. The first-order chi connectivity index (χ1) is 6.58. The van der Waals surface area contributed by atoms with Crippen molar-refractivity contribution in [3.63, 3.8) is 0 Å². The Morgan fingerprint density at radius 2 is 2.50 bits per heavy atom. The summed E-state index contributed by atoms with van der Waals surface area (Å²) < 4.78 is 13.3. The molecule has 0 saturated heterocycles. The van der Waals surface area contributed by atoms with Gasteiger partial charge in [0.1, 0.15) is 0 Å². The van der Waals surface area contributed by atoms with E-state index in [0.29, 0.717) is 12.0 Å². The molecular weight excluding hydrogens is 185 g/mol. The van der Waals surface area contributed by atoms with Crippen LogP contribution in [0.15, 0.2) is 23.4 Å². The second-order valence-corrected chi connectivity index (χ2v) is 3.67. The largest absolute Gasteiger partial charge is 0.385 e. The van der Waals surface area contributed by atoms with Crippen molar-refractivity contribution in [3.05, 3.63) is 23.4 Å². The Morgan fingerprint density at radius 3 is 3.14 bits per heavy atom. The average Bonchev–Trinajstić information content (AvgIpc) is 2.41. The van der Waals surface area contributed by atoms with Gasteiger partial charge in [0.05, 0.1) is 11.2 Å². The fourth-order valence-corrected chi connectivity index (χ4v) is 1.99. The van der Waals surface area contributed by atoms with Crippen molar-refractivity contribution in [2.45, 2.75) is 31.7 Å². The van der Waals surface area contributed by atoms with E-state index in [0.717, 1.165) is 0 Å². The highest BCUT2D eigenvalue weighted by Crippen LogP contribution is 2.39. The van der Waals surface area contributed by atoms with Crippen LogP contribution in [0.2, 0.25) is 0 Å². The van der Waals surface area contributed by atoms with Gasteiger partial charge in [0.15, 0.2) is 12.1 Å². The number of ketones is 1. The van der Waals surface area contributed by atoms with Crippen LogP contribution < -0.4 is 5.32 Å². The molecule has 0 radical (unpaired) electrons. The highest BCUT2D eigenvalue weighted by Gasteiger charge is 2.45. The zero-order valence-corrected chi connectivity index (χ0v) is 7.88. The molecule has 2 N–H and O–H groups in total. The maximum Gasteiger partial charge on any atom is 0.199 e. The molecule has 2 aliphatic rings. The van der Waals surface area contributed by atoms with Crippen molar-refractivity contribution >= 4 is 5.78 Å². The molecule has 2 atom stereocenters. The molecule has 1 aliphatic heterocycles. The monoisotopic (exact) mass is 197 g/mol. The van der Waals surface area contributed by atoms with Crippen LogP contribution >= 0.6 is 0 Å². The van der Waals surface area contributed by atoms with Gasteiger partial charge in [-0.05, 0) is 24.3 Å². The first-order valence-corrected chi connectivity index (χ1v) is 4.65. The van der Waals surface area contributed by atoms with Crippen LogP contribution in [-0.4, -0.2) is 22.8 Å². The molecule has 2 unspecified atom stereocenters. The minimum absolute atomic E-state index is 0.000602. The van der Waals surface area contributed by atoms with E-state index in [1.807, 2.05) is 0 Å². The number of carbonyl (C=O) groups excluding carboxylic acids is 1. The molecule has 1 aliphatic carbocycles. The normalized spacial score (nSPS) is 35.9. The van der Waals surface area contributed by atoms with E-state index in [2.05, 4.69) is 5.32 Å². The second kappa shape index (κ2) is 2.92. The van der Waals surface area contributed by atoms with Crippen molar-refractivity contribution in [2.75, 3.05) is 0 Å². The standard InChI is InChI=1S/C10H12FNO2/c1-2-10(14)5-7(13)8-6(10)3-4-12-9(8)11/h3-4,9,12,14H,2,5H2,1H3. The maximum atomic E-state index is 13.3. The fraction of sp³-hybridized carbons (Fsp3) is 0.500. The highest BCUT2D eigenvalue weighted by atomic mass is 19.1. The summed E-state index contributed by atoms with van der Waals surface area (Å²) in [7, 11) is 0. The van der Waals surface area contributed by atoms with E-state index < -0.39 is 11.9 Å². The van der Waals surface area contributed by atoms with Gasteiger partial charge < -0.3 is 10.4 Å². The van der Waals surface area contributed by atoms with Crippen LogP contribution in [0.25, 0.3) is 0 Å². The van der Waals surface area contributed by atoms with Gasteiger partial charge in [0.2, 0.25) is 0 Å². The van der Waals surface area contributed by atoms with Gasteiger partial charge in [-0.3, -0.25) is 4.79 Å². The molecule has 76 valence electrons. The molecule has 4 heteroatoms. The molecule has 3 nitrogen and oxygen atoms in total. The number of aliphatic hydroxyl groups is 1. The fourth-order valence-electron chi connectivity index (χ4n) is 1.99. The number of hydrogen-bond acceptors (Lipinski definition) is 3. The molecule has 0 spiro atoms. The van der Waals surface area contributed by atoms with Crippen LogP contribution in [-0.2, 0) is 4.79 Å². The van der Waals surface area contributed by atoms with Crippen LogP contribution in [0.1, 0.15) is 19.8 Å². The van der Waals surface area contributed by atoms with E-state index in [1.165, 1.54) is 6.20 Å². The molecule has 0 saturated carbocycles. The van der Waals surface area contributed by atoms with Crippen molar-refractivity contribution in [1.82, 2.24) is 5.32 Å². The Kier molecular flexibility index (Phi) is 1.96. The first-order valence-electron chi connectivity index (χ1n) is 4.65. The molecule has 2 rings (SSSR count). The summed E-state index contributed by atoms with van der Waals surface area (Å²) >= 11 is 0. The van der Waals surface area contributed by atoms with Crippen molar-refractivity contribution in [3.8, 4) is 0 Å². The van der Waals surface area contributed by atoms with E-state index in [1.54, 1.807) is 13.0 Å². The van der Waals surface area contributed by atoms with Gasteiger partial charge in [-0.2, -0.15) is 0 Å². The van der Waals surface area contributed by atoms with Gasteiger partial charge in [-0.15, -0.1) is 0 Å². The number of alkyl halides is 1. The Bertz CT molecular complexity index is 348. The number of nitrogens with one attached hydrogen (secondary N) is 1. The summed E-state index contributed by atoms with van der Waals surface area (Å²) in [5, 5.41) is 12.5. The summed E-state index contributed by atoms with van der Waals surface area (Å²) in [5.41, 5.74) is -0.622. The molecular formula is C10H12FNO2. The summed E-state index contributed by atoms with van der Waals surface area (Å²) in [6.45, 7) is 1.78. The van der Waals surface area contributed by atoms with Crippen LogP contribution in [0, 0.1) is 0 Å². The quantitative estimate of drug-likeness (QED) is 0.611. The molecule has 0 fully saturated rings. The highest BCUT2D eigenvalue weighted by molar-refractivity contribution is 6.02. The Hall–Kier alpha value is -1.16. The molecule has 0 aromatic heterocycles. The molecule has 0 amide bonds. The Morgan fingerprint density at radius 1 is 1.79 bits per heavy atom. The van der Waals surface area contributed by atoms with Crippen molar-refractivity contribution < 1.29 is 14.3 Å². The number of rotatable bonds is 1. The third kappa shape index (κ3) is 1.10. The van der Waals surface area contributed by atoms with Gasteiger partial charge >= 0.3 is 0 Å². The predicted octanol–water partition coefficient (Wildman–Crippen LogP) is 0.809. The number of halogens is 1. The van der Waals surface area contributed by atoms with Crippen LogP contribution in [0.5, 0.6) is 0 Å². The third-order valence-electron chi connectivity index (χ3n) is 2.88. The van der Waals surface area contributed by atoms with Crippen molar-refractivity contribution in [2.24, 2.45) is 0 Å². The summed E-state index contributed by atoms with van der Waals surface area (Å²) in [6, 6.07) is 0. The number of hydrogen-bond donors (Lipinski definition) is 2. The van der Waals surface area contributed by atoms with Crippen molar-refractivity contribution in [1.29, 1.82) is 0 Å². The lowest BCUT2D eigenvalue weighted by atomic mass is 9.91. The first kappa shape index (κ1) is 9.40. The SMILES string of the molecule is CCC1(O)CC(=O)C2=C1C=CNC2F. The van der Waals surface area contributed by atoms with Gasteiger partial charge in [0, 0.05) is 6.42 Å². The summed E-state index contributed by atoms with van der Waals surface area (Å²) in [5.74, 6) is -0.297. The molecule has 0 aromatic rings. The molecule has 0 bridgehead atoms. The van der Waals surface area contributed by atoms with E-state index in [9.17, 15) is 14.3 Å². The topological polar surface area (TPSA) is 49.3 Å². The Labute approximate surface area is 81.3 Å². The van der Waals surface area contributed by atoms with E-state index in [4.69, 9.17) is 0 Å². The average molecular weight is 197 g/mol. The second-order valence-electron chi connectivity index (χ2n) is 3.67. The van der Waals surface area contributed by atoms with Gasteiger partial charge in [-0.1, -0.05) is 6.92 Å². The maximum absolute atomic E-state index is 13.3. The van der Waals surface area contributed by atoms with Crippen LogP contribution in [0.3, 0.4) is 0 Å². The van der Waals surface area contributed by atoms with E-state index >= 15 is 0 Å². The zero-order valence-electron chi connectivity index (χ0n) is 7.88. The Balaban J connectivity index is 2.49.